The van der Waals surface area contributed by atoms with Gasteiger partial charge in [-0.25, -0.2) is 0 Å². The third-order valence-electron chi connectivity index (χ3n) is 4.32. The van der Waals surface area contributed by atoms with Gasteiger partial charge in [-0.1, -0.05) is 31.4 Å². The highest BCUT2D eigenvalue weighted by Crippen LogP contribution is 2.28. The van der Waals surface area contributed by atoms with E-state index in [1.165, 1.54) is 6.42 Å². The van der Waals surface area contributed by atoms with E-state index in [-0.39, 0.29) is 12.5 Å². The van der Waals surface area contributed by atoms with Crippen LogP contribution < -0.4 is 5.32 Å². The number of amides is 1. The summed E-state index contributed by atoms with van der Waals surface area (Å²) in [6.45, 7) is 0.0133. The zero-order chi connectivity index (χ0) is 14.0. The Bertz CT molecular complexity index is 612. The van der Waals surface area contributed by atoms with Gasteiger partial charge < -0.3 is 15.4 Å². The van der Waals surface area contributed by atoms with Crippen LogP contribution in [0.15, 0.2) is 30.5 Å². The fraction of sp³-hybridized carbons (Fsp3) is 0.438. The van der Waals surface area contributed by atoms with Crippen molar-refractivity contribution in [2.75, 3.05) is 6.61 Å². The summed E-state index contributed by atoms with van der Waals surface area (Å²) in [6.07, 6.45) is 6.86. The van der Waals surface area contributed by atoms with E-state index in [2.05, 4.69) is 10.3 Å². The summed E-state index contributed by atoms with van der Waals surface area (Å²) >= 11 is 0. The highest BCUT2D eigenvalue weighted by molar-refractivity contribution is 6.05. The molecule has 1 aromatic carbocycles. The van der Waals surface area contributed by atoms with Crippen LogP contribution in [0.3, 0.4) is 0 Å². The van der Waals surface area contributed by atoms with E-state index in [9.17, 15) is 9.90 Å². The van der Waals surface area contributed by atoms with Crippen molar-refractivity contribution in [1.29, 1.82) is 0 Å². The minimum atomic E-state index is -0.440. The number of hydrogen-bond donors (Lipinski definition) is 3. The van der Waals surface area contributed by atoms with E-state index in [4.69, 9.17) is 0 Å². The number of aromatic amines is 1. The van der Waals surface area contributed by atoms with E-state index in [0.29, 0.717) is 5.56 Å². The molecule has 0 aliphatic heterocycles. The average Bonchev–Trinajstić information content (AvgIpc) is 2.96. The molecule has 0 bridgehead atoms. The van der Waals surface area contributed by atoms with Gasteiger partial charge in [0, 0.05) is 11.6 Å². The third-order valence-corrected chi connectivity index (χ3v) is 4.32. The van der Waals surface area contributed by atoms with Crippen molar-refractivity contribution in [3.05, 3.63) is 36.0 Å². The first kappa shape index (κ1) is 13.2. The van der Waals surface area contributed by atoms with Crippen LogP contribution in [0.25, 0.3) is 10.9 Å². The molecule has 1 aliphatic rings. The van der Waals surface area contributed by atoms with Gasteiger partial charge in [0.2, 0.25) is 0 Å². The Morgan fingerprint density at radius 1 is 1.25 bits per heavy atom. The van der Waals surface area contributed by atoms with E-state index in [0.717, 1.165) is 36.6 Å². The molecule has 0 unspecified atom stereocenters. The fourth-order valence-electron chi connectivity index (χ4n) is 3.13. The van der Waals surface area contributed by atoms with Crippen molar-refractivity contribution in [1.82, 2.24) is 10.3 Å². The first-order valence-corrected chi connectivity index (χ1v) is 7.24. The van der Waals surface area contributed by atoms with Crippen LogP contribution in [0.1, 0.15) is 42.5 Å². The predicted molar refractivity (Wildman–Crippen MR) is 78.7 cm³/mol. The van der Waals surface area contributed by atoms with Gasteiger partial charge in [-0.05, 0) is 25.0 Å². The van der Waals surface area contributed by atoms with E-state index >= 15 is 0 Å². The zero-order valence-electron chi connectivity index (χ0n) is 11.5. The number of H-pyrrole nitrogens is 1. The normalized spacial score (nSPS) is 18.1. The Balaban J connectivity index is 1.87. The summed E-state index contributed by atoms with van der Waals surface area (Å²) < 4.78 is 0. The summed E-state index contributed by atoms with van der Waals surface area (Å²) in [4.78, 5) is 15.7. The maximum absolute atomic E-state index is 12.5. The molecule has 0 radical (unpaired) electrons. The minimum Gasteiger partial charge on any atom is -0.394 e. The first-order valence-electron chi connectivity index (χ1n) is 7.24. The lowest BCUT2D eigenvalue weighted by Gasteiger charge is -2.36. The molecule has 4 nitrogen and oxygen atoms in total. The zero-order valence-corrected chi connectivity index (χ0v) is 11.5. The number of fused-ring (bicyclic) bond motifs is 1. The maximum atomic E-state index is 12.5. The van der Waals surface area contributed by atoms with Gasteiger partial charge in [-0.2, -0.15) is 0 Å². The molecule has 1 aromatic heterocycles. The van der Waals surface area contributed by atoms with Crippen LogP contribution in [0, 0.1) is 0 Å². The van der Waals surface area contributed by atoms with Crippen molar-refractivity contribution in [3.63, 3.8) is 0 Å². The van der Waals surface area contributed by atoms with Crippen molar-refractivity contribution in [2.45, 2.75) is 37.6 Å². The molecule has 1 saturated carbocycles. The summed E-state index contributed by atoms with van der Waals surface area (Å²) in [5.74, 6) is -0.103. The first-order chi connectivity index (χ1) is 9.74. The number of aliphatic hydroxyl groups excluding tert-OH is 1. The minimum absolute atomic E-state index is 0.0133. The van der Waals surface area contributed by atoms with Crippen LogP contribution in [0.5, 0.6) is 0 Å². The second-order valence-corrected chi connectivity index (χ2v) is 5.70. The standard InChI is InChI=1S/C16H20N2O2/c19-11-16(8-2-1-3-9-16)18-15(20)13-6-4-5-12-7-10-17-14(12)13/h4-7,10,17,19H,1-3,8-9,11H2,(H,18,20). The quantitative estimate of drug-likeness (QED) is 0.804. The summed E-state index contributed by atoms with van der Waals surface area (Å²) in [5, 5.41) is 13.8. The number of nitrogens with one attached hydrogen (secondary N) is 2. The van der Waals surface area contributed by atoms with Crippen molar-refractivity contribution in [2.24, 2.45) is 0 Å². The second kappa shape index (κ2) is 5.29. The summed E-state index contributed by atoms with van der Waals surface area (Å²) in [6, 6.07) is 7.64. The number of aliphatic hydroxyl groups is 1. The molecule has 3 N–H and O–H groups in total. The van der Waals surface area contributed by atoms with Gasteiger partial charge in [0.15, 0.2) is 0 Å². The molecule has 106 valence electrons. The molecule has 0 atom stereocenters. The number of para-hydroxylation sites is 1. The van der Waals surface area contributed by atoms with Crippen molar-refractivity contribution < 1.29 is 9.90 Å². The average molecular weight is 272 g/mol. The highest BCUT2D eigenvalue weighted by Gasteiger charge is 2.33. The molecule has 1 fully saturated rings. The molecular formula is C16H20N2O2. The summed E-state index contributed by atoms with van der Waals surface area (Å²) in [5.41, 5.74) is 1.06. The van der Waals surface area contributed by atoms with Gasteiger partial charge in [-0.15, -0.1) is 0 Å². The van der Waals surface area contributed by atoms with Gasteiger partial charge in [-0.3, -0.25) is 4.79 Å². The second-order valence-electron chi connectivity index (χ2n) is 5.70. The van der Waals surface area contributed by atoms with Gasteiger partial charge in [0.1, 0.15) is 0 Å². The van der Waals surface area contributed by atoms with Crippen LogP contribution in [0.4, 0.5) is 0 Å². The van der Waals surface area contributed by atoms with Gasteiger partial charge in [0.05, 0.1) is 23.2 Å². The Kier molecular flexibility index (Phi) is 3.49. The fourth-order valence-corrected chi connectivity index (χ4v) is 3.13. The lowest BCUT2D eigenvalue weighted by Crippen LogP contribution is -2.52. The van der Waals surface area contributed by atoms with Gasteiger partial charge >= 0.3 is 0 Å². The number of carbonyl (C=O) groups excluding carboxylic acids is 1. The van der Waals surface area contributed by atoms with E-state index < -0.39 is 5.54 Å². The van der Waals surface area contributed by atoms with Crippen LogP contribution in [-0.2, 0) is 0 Å². The number of rotatable bonds is 3. The molecule has 4 heteroatoms. The SMILES string of the molecule is O=C(NC1(CO)CCCCC1)c1cccc2cc[nH]c12. The van der Waals surface area contributed by atoms with Crippen LogP contribution in [-0.4, -0.2) is 28.1 Å². The highest BCUT2D eigenvalue weighted by atomic mass is 16.3. The topological polar surface area (TPSA) is 65.1 Å². The Hall–Kier alpha value is -1.81. The van der Waals surface area contributed by atoms with Crippen molar-refractivity contribution in [3.8, 4) is 0 Å². The Morgan fingerprint density at radius 2 is 2.05 bits per heavy atom. The molecule has 0 saturated heterocycles. The molecule has 1 amide bonds. The van der Waals surface area contributed by atoms with Crippen LogP contribution in [0.2, 0.25) is 0 Å². The van der Waals surface area contributed by atoms with Gasteiger partial charge in [0.25, 0.3) is 5.91 Å². The molecule has 0 spiro atoms. The number of benzene rings is 1. The Morgan fingerprint density at radius 3 is 2.80 bits per heavy atom. The number of carbonyl (C=O) groups is 1. The molecule has 3 rings (SSSR count). The monoisotopic (exact) mass is 272 g/mol. The largest absolute Gasteiger partial charge is 0.394 e. The summed E-state index contributed by atoms with van der Waals surface area (Å²) in [7, 11) is 0. The van der Waals surface area contributed by atoms with E-state index in [1.54, 1.807) is 0 Å². The molecular weight excluding hydrogens is 252 g/mol. The third kappa shape index (κ3) is 2.31. The van der Waals surface area contributed by atoms with Crippen molar-refractivity contribution >= 4 is 16.8 Å². The molecule has 1 aliphatic carbocycles. The van der Waals surface area contributed by atoms with Crippen LogP contribution >= 0.6 is 0 Å². The molecule has 2 aromatic rings. The smallest absolute Gasteiger partial charge is 0.253 e. The number of aromatic nitrogens is 1. The maximum Gasteiger partial charge on any atom is 0.253 e. The molecule has 20 heavy (non-hydrogen) atoms. The Labute approximate surface area is 118 Å². The molecule has 1 heterocycles. The lowest BCUT2D eigenvalue weighted by molar-refractivity contribution is 0.0760. The lowest BCUT2D eigenvalue weighted by atomic mass is 9.82. The predicted octanol–water partition coefficient (Wildman–Crippen LogP) is 2.59. The number of hydrogen-bond acceptors (Lipinski definition) is 2. The van der Waals surface area contributed by atoms with E-state index in [1.807, 2.05) is 30.5 Å².